The lowest BCUT2D eigenvalue weighted by atomic mass is 10.0. The van der Waals surface area contributed by atoms with Crippen molar-refractivity contribution in [1.29, 1.82) is 0 Å². The SMILES string of the molecule is CC1CN(C(=O)c2ccccc2)CCN1C(=O)C(=O)c1c[nH]c2c(-c3noc(N)n3)ccc(F)c12. The molecule has 178 valence electrons. The minimum absolute atomic E-state index is 0.0465. The van der Waals surface area contributed by atoms with Gasteiger partial charge in [0.1, 0.15) is 5.82 Å². The van der Waals surface area contributed by atoms with E-state index in [0.29, 0.717) is 11.1 Å². The van der Waals surface area contributed by atoms with E-state index in [2.05, 4.69) is 15.1 Å². The summed E-state index contributed by atoms with van der Waals surface area (Å²) in [6.45, 7) is 2.51. The molecule has 1 unspecified atom stereocenters. The molecule has 1 aliphatic heterocycles. The number of ketones is 1. The van der Waals surface area contributed by atoms with Crippen molar-refractivity contribution in [2.24, 2.45) is 0 Å². The van der Waals surface area contributed by atoms with E-state index in [1.807, 2.05) is 6.07 Å². The van der Waals surface area contributed by atoms with Crippen molar-refractivity contribution in [2.75, 3.05) is 25.4 Å². The number of amides is 2. The maximum absolute atomic E-state index is 14.8. The lowest BCUT2D eigenvalue weighted by Crippen LogP contribution is -2.56. The number of nitrogens with zero attached hydrogens (tertiary/aromatic N) is 4. The molecule has 2 aromatic carbocycles. The lowest BCUT2D eigenvalue weighted by molar-refractivity contribution is -0.130. The second-order valence-electron chi connectivity index (χ2n) is 8.30. The molecule has 11 heteroatoms. The van der Waals surface area contributed by atoms with Gasteiger partial charge in [0.25, 0.3) is 17.6 Å². The molecule has 0 radical (unpaired) electrons. The van der Waals surface area contributed by atoms with Gasteiger partial charge >= 0.3 is 6.01 Å². The van der Waals surface area contributed by atoms with Crippen LogP contribution in [0.4, 0.5) is 10.4 Å². The van der Waals surface area contributed by atoms with Gasteiger partial charge in [0, 0.05) is 48.4 Å². The number of carbonyl (C=O) groups excluding carboxylic acids is 3. The maximum atomic E-state index is 14.8. The molecular formula is C24H21FN6O4. The Balaban J connectivity index is 1.38. The van der Waals surface area contributed by atoms with Crippen LogP contribution < -0.4 is 5.73 Å². The summed E-state index contributed by atoms with van der Waals surface area (Å²) in [7, 11) is 0. The van der Waals surface area contributed by atoms with Crippen LogP contribution in [0, 0.1) is 5.82 Å². The summed E-state index contributed by atoms with van der Waals surface area (Å²) in [5.74, 6) is -2.31. The number of aromatic amines is 1. The molecule has 5 rings (SSSR count). The molecule has 2 aromatic heterocycles. The number of piperazine rings is 1. The zero-order valence-corrected chi connectivity index (χ0v) is 18.7. The fraction of sp³-hybridized carbons (Fsp3) is 0.208. The molecule has 35 heavy (non-hydrogen) atoms. The Morgan fingerprint density at radius 1 is 1.14 bits per heavy atom. The van der Waals surface area contributed by atoms with Gasteiger partial charge in [-0.05, 0) is 31.2 Å². The number of Topliss-reactive ketones (excluding diaryl/α,β-unsaturated/α-hetero) is 1. The van der Waals surface area contributed by atoms with Crippen molar-refractivity contribution in [3.63, 3.8) is 0 Å². The number of benzene rings is 2. The average molecular weight is 476 g/mol. The standard InChI is InChI=1S/C24H21FN6O4/c1-13-12-30(22(33)14-5-3-2-4-6-14)9-10-31(13)23(34)20(32)16-11-27-19-15(7-8-17(25)18(16)19)21-28-24(26)35-29-21/h2-8,11,13,27H,9-10,12H2,1H3,(H2,26,28,29). The molecule has 3 heterocycles. The predicted octanol–water partition coefficient (Wildman–Crippen LogP) is 2.50. The summed E-state index contributed by atoms with van der Waals surface area (Å²) < 4.78 is 19.6. The lowest BCUT2D eigenvalue weighted by Gasteiger charge is -2.39. The van der Waals surface area contributed by atoms with Crippen LogP contribution in [0.25, 0.3) is 22.3 Å². The minimum Gasteiger partial charge on any atom is -0.360 e. The molecule has 1 atom stereocenters. The molecule has 3 N–H and O–H groups in total. The molecule has 1 aliphatic rings. The molecule has 0 bridgehead atoms. The number of nitrogen functional groups attached to an aromatic ring is 1. The summed E-state index contributed by atoms with van der Waals surface area (Å²) in [6, 6.07) is 10.9. The number of H-pyrrole nitrogens is 1. The van der Waals surface area contributed by atoms with Crippen molar-refractivity contribution in [1.82, 2.24) is 24.9 Å². The molecule has 1 saturated heterocycles. The Labute approximate surface area is 198 Å². The minimum atomic E-state index is -0.852. The van der Waals surface area contributed by atoms with Gasteiger partial charge < -0.3 is 25.0 Å². The fourth-order valence-electron chi connectivity index (χ4n) is 4.37. The van der Waals surface area contributed by atoms with Crippen LogP contribution in [0.15, 0.2) is 53.2 Å². The maximum Gasteiger partial charge on any atom is 0.319 e. The van der Waals surface area contributed by atoms with Crippen molar-refractivity contribution >= 4 is 34.5 Å². The number of nitrogens with two attached hydrogens (primary N) is 1. The fourth-order valence-corrected chi connectivity index (χ4v) is 4.37. The van der Waals surface area contributed by atoms with Gasteiger partial charge in [0.15, 0.2) is 0 Å². The summed E-state index contributed by atoms with van der Waals surface area (Å²) in [4.78, 5) is 48.9. The Morgan fingerprint density at radius 3 is 2.60 bits per heavy atom. The van der Waals surface area contributed by atoms with E-state index in [-0.39, 0.29) is 53.8 Å². The van der Waals surface area contributed by atoms with Gasteiger partial charge in [-0.25, -0.2) is 4.39 Å². The molecule has 0 aliphatic carbocycles. The highest BCUT2D eigenvalue weighted by molar-refractivity contribution is 6.45. The van der Waals surface area contributed by atoms with E-state index in [1.54, 1.807) is 36.1 Å². The number of hydrogen-bond donors (Lipinski definition) is 2. The van der Waals surface area contributed by atoms with E-state index < -0.39 is 23.5 Å². The van der Waals surface area contributed by atoms with Crippen LogP contribution in [-0.2, 0) is 4.79 Å². The Bertz CT molecular complexity index is 1450. The quantitative estimate of drug-likeness (QED) is 0.341. The zero-order chi connectivity index (χ0) is 24.7. The number of fused-ring (bicyclic) bond motifs is 1. The molecule has 10 nitrogen and oxygen atoms in total. The Kier molecular flexibility index (Phi) is 5.51. The summed E-state index contributed by atoms with van der Waals surface area (Å²) in [5.41, 5.74) is 6.56. The number of carbonyl (C=O) groups is 3. The second-order valence-corrected chi connectivity index (χ2v) is 8.30. The van der Waals surface area contributed by atoms with Crippen LogP contribution >= 0.6 is 0 Å². The first kappa shape index (κ1) is 22.3. The largest absolute Gasteiger partial charge is 0.360 e. The van der Waals surface area contributed by atoms with Crippen molar-refractivity contribution in [3.8, 4) is 11.4 Å². The number of aromatic nitrogens is 3. The third-order valence-corrected chi connectivity index (χ3v) is 6.10. The van der Waals surface area contributed by atoms with Gasteiger partial charge in [-0.2, -0.15) is 4.98 Å². The molecule has 2 amide bonds. The van der Waals surface area contributed by atoms with E-state index in [0.717, 1.165) is 6.07 Å². The molecular weight excluding hydrogens is 455 g/mol. The number of halogens is 1. The zero-order valence-electron chi connectivity index (χ0n) is 18.7. The third kappa shape index (κ3) is 3.90. The molecule has 0 saturated carbocycles. The van der Waals surface area contributed by atoms with Crippen LogP contribution in [0.3, 0.4) is 0 Å². The van der Waals surface area contributed by atoms with E-state index in [1.165, 1.54) is 17.2 Å². The van der Waals surface area contributed by atoms with Gasteiger partial charge in [-0.1, -0.05) is 23.4 Å². The van der Waals surface area contributed by atoms with Gasteiger partial charge in [0.2, 0.25) is 5.82 Å². The number of rotatable bonds is 4. The molecule has 0 spiro atoms. The normalized spacial score (nSPS) is 16.0. The Hall–Kier alpha value is -4.54. The van der Waals surface area contributed by atoms with Crippen LogP contribution in [0.1, 0.15) is 27.6 Å². The van der Waals surface area contributed by atoms with Crippen molar-refractivity contribution in [3.05, 3.63) is 65.6 Å². The number of anilines is 1. The summed E-state index contributed by atoms with van der Waals surface area (Å²) in [5, 5.41) is 3.69. The number of hydrogen-bond acceptors (Lipinski definition) is 7. The third-order valence-electron chi connectivity index (χ3n) is 6.10. The van der Waals surface area contributed by atoms with E-state index >= 15 is 0 Å². The van der Waals surface area contributed by atoms with Crippen molar-refractivity contribution in [2.45, 2.75) is 13.0 Å². The predicted molar refractivity (Wildman–Crippen MR) is 124 cm³/mol. The monoisotopic (exact) mass is 476 g/mol. The van der Waals surface area contributed by atoms with Gasteiger partial charge in [0.05, 0.1) is 11.1 Å². The summed E-state index contributed by atoms with van der Waals surface area (Å²) >= 11 is 0. The van der Waals surface area contributed by atoms with Crippen LogP contribution in [0.2, 0.25) is 0 Å². The second kappa shape index (κ2) is 8.67. The first-order valence-corrected chi connectivity index (χ1v) is 10.9. The van der Waals surface area contributed by atoms with Gasteiger partial charge in [-0.3, -0.25) is 14.4 Å². The Morgan fingerprint density at radius 2 is 1.91 bits per heavy atom. The van der Waals surface area contributed by atoms with E-state index in [9.17, 15) is 18.8 Å². The first-order valence-electron chi connectivity index (χ1n) is 10.9. The highest BCUT2D eigenvalue weighted by atomic mass is 19.1. The number of nitrogens with one attached hydrogen (secondary N) is 1. The molecule has 4 aromatic rings. The summed E-state index contributed by atoms with van der Waals surface area (Å²) in [6.07, 6.45) is 1.29. The topological polar surface area (TPSA) is 138 Å². The van der Waals surface area contributed by atoms with Crippen molar-refractivity contribution < 1.29 is 23.3 Å². The van der Waals surface area contributed by atoms with Crippen LogP contribution in [0.5, 0.6) is 0 Å². The highest BCUT2D eigenvalue weighted by Gasteiger charge is 2.35. The van der Waals surface area contributed by atoms with E-state index in [4.69, 9.17) is 10.3 Å². The smallest absolute Gasteiger partial charge is 0.319 e. The molecule has 1 fully saturated rings. The average Bonchev–Trinajstić information content (AvgIpc) is 3.51. The first-order chi connectivity index (χ1) is 16.8. The highest BCUT2D eigenvalue weighted by Crippen LogP contribution is 2.31. The van der Waals surface area contributed by atoms with Gasteiger partial charge in [-0.15, -0.1) is 0 Å². The van der Waals surface area contributed by atoms with Crippen LogP contribution in [-0.4, -0.2) is 68.2 Å².